The van der Waals surface area contributed by atoms with Crippen molar-refractivity contribution >= 4 is 10.0 Å². The standard InChI is InChI=1S/C35H43FN2O6S/c1-3-31-25(2)38(45(39,40)30-7-5-4-6-8-30)32-14-11-27(35(33(31)32)43-23-24-44-35)15-18-37-19-16-28(17-20-37)34(41-21-22-42-34)26-9-12-29(36)13-10-26/h4-10,12-13,27-28H,3,11,14-24H2,1-2H3. The summed E-state index contributed by atoms with van der Waals surface area (Å²) in [4.78, 5) is 2.79. The van der Waals surface area contributed by atoms with Crippen LogP contribution >= 0.6 is 0 Å². The number of benzene rings is 2. The smallest absolute Gasteiger partial charge is 0.268 e. The molecule has 2 aromatic carbocycles. The first-order chi connectivity index (χ1) is 21.8. The fraction of sp³-hybridized carbons (Fsp3) is 0.543. The van der Waals surface area contributed by atoms with E-state index in [2.05, 4.69) is 11.8 Å². The SMILES string of the molecule is CCc1c2c(n(S(=O)(=O)c3ccccc3)c1C)CCC(CCN1CCC(C3(c4ccc(F)cc4)OCCO3)CC1)C21OCCO1. The van der Waals surface area contributed by atoms with E-state index < -0.39 is 21.6 Å². The minimum Gasteiger partial charge on any atom is -0.343 e. The number of hydrogen-bond donors (Lipinski definition) is 0. The number of halogens is 1. The van der Waals surface area contributed by atoms with Crippen LogP contribution in [-0.2, 0) is 53.4 Å². The van der Waals surface area contributed by atoms with Crippen LogP contribution in [0.2, 0.25) is 0 Å². The molecule has 45 heavy (non-hydrogen) atoms. The molecule has 1 atom stereocenters. The van der Waals surface area contributed by atoms with Crippen molar-refractivity contribution in [1.29, 1.82) is 0 Å². The second-order valence-electron chi connectivity index (χ2n) is 12.7. The normalized spacial score (nSPS) is 23.5. The number of ether oxygens (including phenoxy) is 4. The van der Waals surface area contributed by atoms with Crippen molar-refractivity contribution in [2.75, 3.05) is 46.1 Å². The van der Waals surface area contributed by atoms with Crippen molar-refractivity contribution in [3.05, 3.63) is 88.5 Å². The van der Waals surface area contributed by atoms with Crippen LogP contribution in [0.25, 0.3) is 0 Å². The fourth-order valence-electron chi connectivity index (χ4n) is 8.35. The molecule has 1 aromatic heterocycles. The molecule has 0 radical (unpaired) electrons. The summed E-state index contributed by atoms with van der Waals surface area (Å²) in [5.41, 5.74) is 4.39. The Morgan fingerprint density at radius 3 is 2.11 bits per heavy atom. The summed E-state index contributed by atoms with van der Waals surface area (Å²) in [5, 5.41) is 0. The van der Waals surface area contributed by atoms with Gasteiger partial charge < -0.3 is 23.8 Å². The maximum absolute atomic E-state index is 14.0. The zero-order valence-electron chi connectivity index (χ0n) is 26.2. The molecule has 10 heteroatoms. The summed E-state index contributed by atoms with van der Waals surface area (Å²) < 4.78 is 68.7. The average molecular weight is 639 g/mol. The summed E-state index contributed by atoms with van der Waals surface area (Å²) in [6, 6.07) is 15.2. The summed E-state index contributed by atoms with van der Waals surface area (Å²) in [6.45, 7) is 8.78. The van der Waals surface area contributed by atoms with Gasteiger partial charge in [0.1, 0.15) is 5.82 Å². The predicted octanol–water partition coefficient (Wildman–Crippen LogP) is 5.50. The van der Waals surface area contributed by atoms with Crippen LogP contribution in [0.3, 0.4) is 0 Å². The number of likely N-dealkylation sites (tertiary alicyclic amines) is 1. The molecule has 0 saturated carbocycles. The van der Waals surface area contributed by atoms with Crippen LogP contribution < -0.4 is 0 Å². The van der Waals surface area contributed by atoms with Gasteiger partial charge in [-0.25, -0.2) is 16.8 Å². The molecule has 3 aliphatic heterocycles. The number of rotatable bonds is 8. The number of piperidine rings is 1. The fourth-order valence-corrected chi connectivity index (χ4v) is 10.0. The molecular formula is C35H43FN2O6S. The van der Waals surface area contributed by atoms with Crippen LogP contribution in [0.1, 0.15) is 60.7 Å². The maximum Gasteiger partial charge on any atom is 0.268 e. The molecule has 0 bridgehead atoms. The highest BCUT2D eigenvalue weighted by Crippen LogP contribution is 2.51. The van der Waals surface area contributed by atoms with Gasteiger partial charge in [-0.1, -0.05) is 37.3 Å². The van der Waals surface area contributed by atoms with E-state index in [0.717, 1.165) is 73.4 Å². The van der Waals surface area contributed by atoms with Gasteiger partial charge in [0.05, 0.1) is 31.3 Å². The minimum absolute atomic E-state index is 0.109. The Balaban J connectivity index is 1.10. The number of hydrogen-bond acceptors (Lipinski definition) is 7. The van der Waals surface area contributed by atoms with E-state index in [4.69, 9.17) is 18.9 Å². The average Bonchev–Trinajstić information content (AvgIpc) is 3.81. The third-order valence-corrected chi connectivity index (χ3v) is 12.3. The van der Waals surface area contributed by atoms with Gasteiger partial charge in [0.15, 0.2) is 11.6 Å². The molecule has 1 spiro atoms. The van der Waals surface area contributed by atoms with Crippen LogP contribution in [0.4, 0.5) is 4.39 Å². The summed E-state index contributed by atoms with van der Waals surface area (Å²) in [7, 11) is -3.77. The molecule has 242 valence electrons. The van der Waals surface area contributed by atoms with E-state index in [0.29, 0.717) is 39.3 Å². The Bertz CT molecular complexity index is 1600. The Morgan fingerprint density at radius 2 is 1.49 bits per heavy atom. The Kier molecular flexibility index (Phi) is 8.42. The molecular weight excluding hydrogens is 595 g/mol. The van der Waals surface area contributed by atoms with Crippen LogP contribution in [-0.4, -0.2) is 63.4 Å². The zero-order valence-corrected chi connectivity index (χ0v) is 27.0. The van der Waals surface area contributed by atoms with E-state index in [9.17, 15) is 12.8 Å². The van der Waals surface area contributed by atoms with Gasteiger partial charge in [0.2, 0.25) is 0 Å². The monoisotopic (exact) mass is 638 g/mol. The predicted molar refractivity (Wildman–Crippen MR) is 167 cm³/mol. The van der Waals surface area contributed by atoms with Gasteiger partial charge in [-0.3, -0.25) is 0 Å². The molecule has 3 saturated heterocycles. The van der Waals surface area contributed by atoms with Crippen molar-refractivity contribution in [2.45, 2.75) is 68.8 Å². The van der Waals surface area contributed by atoms with Crippen LogP contribution in [0, 0.1) is 24.6 Å². The molecule has 4 aliphatic rings. The molecule has 3 aromatic rings. The molecule has 1 unspecified atom stereocenters. The first-order valence-corrected chi connectivity index (χ1v) is 17.8. The van der Waals surface area contributed by atoms with Gasteiger partial charge in [-0.2, -0.15) is 0 Å². The third kappa shape index (κ3) is 5.18. The minimum atomic E-state index is -3.77. The zero-order chi connectivity index (χ0) is 31.2. The van der Waals surface area contributed by atoms with Crippen molar-refractivity contribution in [3.8, 4) is 0 Å². The highest BCUT2D eigenvalue weighted by atomic mass is 32.2. The lowest BCUT2D eigenvalue weighted by Gasteiger charge is -2.43. The lowest BCUT2D eigenvalue weighted by Crippen LogP contribution is -2.46. The Labute approximate surface area is 265 Å². The Morgan fingerprint density at radius 1 is 0.867 bits per heavy atom. The molecule has 3 fully saturated rings. The topological polar surface area (TPSA) is 79.2 Å². The highest BCUT2D eigenvalue weighted by Gasteiger charge is 2.53. The molecule has 7 rings (SSSR count). The second kappa shape index (κ2) is 12.2. The van der Waals surface area contributed by atoms with Crippen molar-refractivity contribution in [1.82, 2.24) is 8.87 Å². The molecule has 1 aliphatic carbocycles. The summed E-state index contributed by atoms with van der Waals surface area (Å²) in [5.74, 6) is -1.71. The molecule has 0 amide bonds. The maximum atomic E-state index is 14.0. The van der Waals surface area contributed by atoms with Gasteiger partial charge in [-0.15, -0.1) is 0 Å². The van der Waals surface area contributed by atoms with Gasteiger partial charge in [-0.05, 0) is 94.9 Å². The Hall–Kier alpha value is -2.60. The second-order valence-corrected chi connectivity index (χ2v) is 14.5. The van der Waals surface area contributed by atoms with E-state index in [1.54, 1.807) is 40.4 Å². The van der Waals surface area contributed by atoms with Crippen molar-refractivity contribution in [2.24, 2.45) is 11.8 Å². The quantitative estimate of drug-likeness (QED) is 0.323. The van der Waals surface area contributed by atoms with Crippen molar-refractivity contribution in [3.63, 3.8) is 0 Å². The molecule has 4 heterocycles. The molecule has 0 N–H and O–H groups in total. The number of nitrogens with zero attached hydrogens (tertiary/aromatic N) is 2. The van der Waals surface area contributed by atoms with E-state index in [1.807, 2.05) is 13.0 Å². The van der Waals surface area contributed by atoms with Crippen LogP contribution in [0.15, 0.2) is 59.5 Å². The number of aromatic nitrogens is 1. The van der Waals surface area contributed by atoms with Gasteiger partial charge in [0, 0.05) is 34.4 Å². The number of fused-ring (bicyclic) bond motifs is 2. The third-order valence-electron chi connectivity index (χ3n) is 10.4. The van der Waals surface area contributed by atoms with Gasteiger partial charge in [0.25, 0.3) is 10.0 Å². The molecule has 8 nitrogen and oxygen atoms in total. The summed E-state index contributed by atoms with van der Waals surface area (Å²) >= 11 is 0. The van der Waals surface area contributed by atoms with E-state index >= 15 is 0 Å². The first-order valence-electron chi connectivity index (χ1n) is 16.4. The van der Waals surface area contributed by atoms with Gasteiger partial charge >= 0.3 is 0 Å². The van der Waals surface area contributed by atoms with Crippen molar-refractivity contribution < 1.29 is 31.8 Å². The van der Waals surface area contributed by atoms with E-state index in [1.165, 1.54) is 12.1 Å². The lowest BCUT2D eigenvalue weighted by molar-refractivity contribution is -0.218. The highest BCUT2D eigenvalue weighted by molar-refractivity contribution is 7.90. The summed E-state index contributed by atoms with van der Waals surface area (Å²) in [6.07, 6.45) is 4.86. The van der Waals surface area contributed by atoms with E-state index in [-0.39, 0.29) is 22.5 Å². The first kappa shape index (κ1) is 31.0. The lowest BCUT2D eigenvalue weighted by atomic mass is 9.77. The largest absolute Gasteiger partial charge is 0.343 e. The van der Waals surface area contributed by atoms with Crippen LogP contribution in [0.5, 0.6) is 0 Å².